The van der Waals surface area contributed by atoms with E-state index in [1.807, 2.05) is 24.3 Å². The number of hydrogen-bond donors (Lipinski definition) is 0. The van der Waals surface area contributed by atoms with Crippen molar-refractivity contribution in [3.8, 4) is 73.2 Å². The van der Waals surface area contributed by atoms with E-state index in [0.717, 1.165) is 50.1 Å². The van der Waals surface area contributed by atoms with Crippen molar-refractivity contribution in [1.82, 2.24) is 29.5 Å². The molecule has 4 aromatic heterocycles. The molecular formula is C52H36N6. The van der Waals surface area contributed by atoms with Crippen LogP contribution in [0.4, 0.5) is 0 Å². The second-order valence-electron chi connectivity index (χ2n) is 15.4. The highest BCUT2D eigenvalue weighted by Gasteiger charge is 2.36. The van der Waals surface area contributed by atoms with E-state index < -0.39 is 0 Å². The van der Waals surface area contributed by atoms with Gasteiger partial charge in [0.15, 0.2) is 17.5 Å². The monoisotopic (exact) mass is 744 g/mol. The van der Waals surface area contributed by atoms with Gasteiger partial charge in [-0.25, -0.2) is 15.0 Å². The topological polar surface area (TPSA) is 69.4 Å². The van der Waals surface area contributed by atoms with Gasteiger partial charge in [-0.1, -0.05) is 117 Å². The highest BCUT2D eigenvalue weighted by atomic mass is 15.0. The fourth-order valence-corrected chi connectivity index (χ4v) is 8.84. The van der Waals surface area contributed by atoms with E-state index in [-0.39, 0.29) is 5.41 Å². The van der Waals surface area contributed by atoms with Crippen molar-refractivity contribution in [3.05, 3.63) is 194 Å². The van der Waals surface area contributed by atoms with Crippen molar-refractivity contribution in [3.63, 3.8) is 0 Å². The summed E-state index contributed by atoms with van der Waals surface area (Å²) in [5.41, 5.74) is 15.4. The zero-order valence-electron chi connectivity index (χ0n) is 32.0. The van der Waals surface area contributed by atoms with Gasteiger partial charge < -0.3 is 4.57 Å². The zero-order valence-corrected chi connectivity index (χ0v) is 32.0. The molecule has 6 nitrogen and oxygen atoms in total. The van der Waals surface area contributed by atoms with Gasteiger partial charge in [-0.15, -0.1) is 0 Å². The van der Waals surface area contributed by atoms with Gasteiger partial charge in [0.1, 0.15) is 0 Å². The minimum absolute atomic E-state index is 0.160. The van der Waals surface area contributed by atoms with Crippen molar-refractivity contribution in [2.45, 2.75) is 19.3 Å². The lowest BCUT2D eigenvalue weighted by molar-refractivity contribution is 0.661. The van der Waals surface area contributed by atoms with E-state index in [1.165, 1.54) is 38.5 Å². The summed E-state index contributed by atoms with van der Waals surface area (Å²) in [7, 11) is 0. The zero-order chi connectivity index (χ0) is 38.8. The van der Waals surface area contributed by atoms with Crippen LogP contribution in [0.25, 0.3) is 95.0 Å². The SMILES string of the molecule is CC1(C)c2ccccc2-c2cc3c4ccccc4n(-c4c(-c5ccccc5)cc(-c5nc(-c6cccnc6)nc(-c6cccnc6)n5)cc4-c4ccccc4)c3cc21. The number of aromatic nitrogens is 6. The number of rotatable bonds is 6. The number of pyridine rings is 2. The van der Waals surface area contributed by atoms with Gasteiger partial charge in [-0.3, -0.25) is 9.97 Å². The first-order valence-electron chi connectivity index (χ1n) is 19.6. The molecule has 4 heterocycles. The molecule has 58 heavy (non-hydrogen) atoms. The Morgan fingerprint density at radius 2 is 0.931 bits per heavy atom. The van der Waals surface area contributed by atoms with E-state index in [2.05, 4.69) is 162 Å². The van der Waals surface area contributed by atoms with Crippen molar-refractivity contribution >= 4 is 21.8 Å². The third kappa shape index (κ3) is 5.37. The van der Waals surface area contributed by atoms with E-state index in [0.29, 0.717) is 17.5 Å². The maximum atomic E-state index is 5.15. The molecule has 0 spiro atoms. The summed E-state index contributed by atoms with van der Waals surface area (Å²) in [6.45, 7) is 4.70. The third-order valence-corrected chi connectivity index (χ3v) is 11.6. The van der Waals surface area contributed by atoms with Gasteiger partial charge in [-0.05, 0) is 88.0 Å². The first-order valence-corrected chi connectivity index (χ1v) is 19.6. The number of para-hydroxylation sites is 1. The van der Waals surface area contributed by atoms with E-state index in [9.17, 15) is 0 Å². The first kappa shape index (κ1) is 33.7. The molecule has 0 amide bonds. The molecule has 0 bridgehead atoms. The van der Waals surface area contributed by atoms with Crippen LogP contribution >= 0.6 is 0 Å². The smallest absolute Gasteiger partial charge is 0.165 e. The average molecular weight is 745 g/mol. The van der Waals surface area contributed by atoms with Crippen LogP contribution in [0.15, 0.2) is 183 Å². The molecule has 0 saturated heterocycles. The highest BCUT2D eigenvalue weighted by Crippen LogP contribution is 2.52. The summed E-state index contributed by atoms with van der Waals surface area (Å²) in [5, 5.41) is 2.44. The van der Waals surface area contributed by atoms with E-state index >= 15 is 0 Å². The molecular weight excluding hydrogens is 709 g/mol. The van der Waals surface area contributed by atoms with Crippen LogP contribution in [0.5, 0.6) is 0 Å². The number of hydrogen-bond acceptors (Lipinski definition) is 5. The van der Waals surface area contributed by atoms with Crippen LogP contribution in [0.1, 0.15) is 25.0 Å². The molecule has 6 aromatic carbocycles. The molecule has 274 valence electrons. The predicted octanol–water partition coefficient (Wildman–Crippen LogP) is 12.4. The maximum absolute atomic E-state index is 5.15. The minimum atomic E-state index is -0.160. The van der Waals surface area contributed by atoms with Crippen molar-refractivity contribution in [2.75, 3.05) is 0 Å². The second kappa shape index (κ2) is 13.3. The Hall–Kier alpha value is -7.57. The third-order valence-electron chi connectivity index (χ3n) is 11.6. The van der Waals surface area contributed by atoms with Gasteiger partial charge in [-0.2, -0.15) is 0 Å². The standard InChI is InChI=1S/C52H36N6/c1-52(2)44-23-11-9-21-38(44)42-29-43-39-22-10-12-24-46(39)58(47(43)30-45(42)52)48-40(33-15-5-3-6-16-33)27-37(28-41(48)34-17-7-4-8-18-34)51-56-49(35-19-13-25-53-31-35)55-50(57-51)36-20-14-26-54-32-36/h3-32H,1-2H3. The summed E-state index contributed by atoms with van der Waals surface area (Å²) in [6, 6.07) is 56.2. The molecule has 0 N–H and O–H groups in total. The van der Waals surface area contributed by atoms with Crippen LogP contribution in [-0.4, -0.2) is 29.5 Å². The summed E-state index contributed by atoms with van der Waals surface area (Å²) >= 11 is 0. The predicted molar refractivity (Wildman–Crippen MR) is 234 cm³/mol. The van der Waals surface area contributed by atoms with E-state index in [1.54, 1.807) is 24.8 Å². The number of benzene rings is 6. The van der Waals surface area contributed by atoms with Crippen molar-refractivity contribution < 1.29 is 0 Å². The van der Waals surface area contributed by atoms with Crippen molar-refractivity contribution in [2.24, 2.45) is 0 Å². The summed E-state index contributed by atoms with van der Waals surface area (Å²) in [5.74, 6) is 1.65. The average Bonchev–Trinajstić information content (AvgIpc) is 3.73. The minimum Gasteiger partial charge on any atom is -0.308 e. The Labute approximate surface area is 336 Å². The Balaban J connectivity index is 1.25. The maximum Gasteiger partial charge on any atom is 0.165 e. The van der Waals surface area contributed by atoms with Gasteiger partial charge in [0.05, 0.1) is 16.7 Å². The van der Waals surface area contributed by atoms with E-state index in [4.69, 9.17) is 15.0 Å². The number of nitrogens with zero attached hydrogens (tertiary/aromatic N) is 6. The van der Waals surface area contributed by atoms with Crippen LogP contribution in [0, 0.1) is 0 Å². The molecule has 0 fully saturated rings. The fraction of sp³-hybridized carbons (Fsp3) is 0.0577. The Morgan fingerprint density at radius 1 is 0.397 bits per heavy atom. The molecule has 1 aliphatic rings. The Kier molecular flexibility index (Phi) is 7.73. The van der Waals surface area contributed by atoms with Gasteiger partial charge >= 0.3 is 0 Å². The summed E-state index contributed by atoms with van der Waals surface area (Å²) < 4.78 is 2.49. The molecule has 1 aliphatic carbocycles. The second-order valence-corrected chi connectivity index (χ2v) is 15.4. The highest BCUT2D eigenvalue weighted by molar-refractivity contribution is 6.13. The molecule has 11 rings (SSSR count). The van der Waals surface area contributed by atoms with Crippen LogP contribution in [0.2, 0.25) is 0 Å². The summed E-state index contributed by atoms with van der Waals surface area (Å²) in [6.07, 6.45) is 7.10. The summed E-state index contributed by atoms with van der Waals surface area (Å²) in [4.78, 5) is 24.0. The fourth-order valence-electron chi connectivity index (χ4n) is 8.84. The molecule has 10 aromatic rings. The van der Waals surface area contributed by atoms with Crippen LogP contribution < -0.4 is 0 Å². The lowest BCUT2D eigenvalue weighted by Crippen LogP contribution is -2.15. The molecule has 0 unspecified atom stereocenters. The quantitative estimate of drug-likeness (QED) is 0.170. The molecule has 0 saturated carbocycles. The lowest BCUT2D eigenvalue weighted by atomic mass is 9.82. The Morgan fingerprint density at radius 3 is 1.53 bits per heavy atom. The largest absolute Gasteiger partial charge is 0.308 e. The first-order chi connectivity index (χ1) is 28.5. The van der Waals surface area contributed by atoms with Gasteiger partial charge in [0, 0.05) is 68.8 Å². The molecule has 0 atom stereocenters. The Bertz CT molecular complexity index is 3060. The molecule has 6 heteroatoms. The van der Waals surface area contributed by atoms with Crippen LogP contribution in [0.3, 0.4) is 0 Å². The lowest BCUT2D eigenvalue weighted by Gasteiger charge is -2.23. The normalized spacial score (nSPS) is 12.8. The van der Waals surface area contributed by atoms with Crippen LogP contribution in [-0.2, 0) is 5.41 Å². The number of fused-ring (bicyclic) bond motifs is 6. The molecule has 0 radical (unpaired) electrons. The van der Waals surface area contributed by atoms with Gasteiger partial charge in [0.2, 0.25) is 0 Å². The molecule has 0 aliphatic heterocycles. The van der Waals surface area contributed by atoms with Gasteiger partial charge in [0.25, 0.3) is 0 Å². The van der Waals surface area contributed by atoms with Crippen molar-refractivity contribution in [1.29, 1.82) is 0 Å².